The van der Waals surface area contributed by atoms with Crippen molar-refractivity contribution in [2.75, 3.05) is 24.5 Å². The Hall–Kier alpha value is -2.38. The Morgan fingerprint density at radius 1 is 1.13 bits per heavy atom. The molecule has 4 rings (SSSR count). The van der Waals surface area contributed by atoms with E-state index in [1.54, 1.807) is 11.3 Å². The molecule has 0 radical (unpaired) electrons. The van der Waals surface area contributed by atoms with Gasteiger partial charge in [0.1, 0.15) is 0 Å². The first-order valence-electron chi connectivity index (χ1n) is 10.3. The van der Waals surface area contributed by atoms with Gasteiger partial charge in [0.05, 0.1) is 5.92 Å². The number of amides is 1. The summed E-state index contributed by atoms with van der Waals surface area (Å²) < 4.78 is 2.12. The topological polar surface area (TPSA) is 63.1 Å². The highest BCUT2D eigenvalue weighted by atomic mass is 35.5. The Balaban J connectivity index is 1.34. The summed E-state index contributed by atoms with van der Waals surface area (Å²) >= 11 is 7.50. The number of carbonyl (C=O) groups is 1. The van der Waals surface area contributed by atoms with E-state index in [2.05, 4.69) is 51.0 Å². The standard InChI is InChI=1S/C22H26ClN5OS/c1-15-5-6-16(2)28(15)22-26-25-21(30-22)27-13-3-4-18(14-27)20(29)24-12-11-17-7-9-19(23)10-8-17/h5-10,18H,3-4,11-14H2,1-2H3,(H,24,29)/t18-/m1/s1. The molecule has 3 heterocycles. The van der Waals surface area contributed by atoms with Crippen LogP contribution in [0.4, 0.5) is 5.13 Å². The van der Waals surface area contributed by atoms with Crippen LogP contribution in [0.25, 0.3) is 5.13 Å². The Morgan fingerprint density at radius 3 is 2.57 bits per heavy atom. The summed E-state index contributed by atoms with van der Waals surface area (Å²) in [6, 6.07) is 11.9. The van der Waals surface area contributed by atoms with Gasteiger partial charge in [-0.05, 0) is 62.9 Å². The molecule has 0 unspecified atom stereocenters. The zero-order chi connectivity index (χ0) is 21.1. The fraction of sp³-hybridized carbons (Fsp3) is 0.409. The van der Waals surface area contributed by atoms with E-state index in [4.69, 9.17) is 11.6 Å². The smallest absolute Gasteiger partial charge is 0.224 e. The van der Waals surface area contributed by atoms with Gasteiger partial charge in [0.15, 0.2) is 0 Å². The van der Waals surface area contributed by atoms with E-state index < -0.39 is 0 Å². The summed E-state index contributed by atoms with van der Waals surface area (Å²) in [6.45, 7) is 6.36. The van der Waals surface area contributed by atoms with E-state index >= 15 is 0 Å². The first kappa shape index (κ1) is 20.9. The molecule has 0 spiro atoms. The molecule has 6 nitrogen and oxygen atoms in total. The van der Waals surface area contributed by atoms with Crippen LogP contribution in [0.2, 0.25) is 5.02 Å². The molecule has 1 N–H and O–H groups in total. The predicted octanol–water partition coefficient (Wildman–Crippen LogP) is 4.17. The molecular weight excluding hydrogens is 418 g/mol. The second-order valence-corrected chi connectivity index (χ2v) is 9.14. The third-order valence-electron chi connectivity index (χ3n) is 5.55. The first-order valence-corrected chi connectivity index (χ1v) is 11.5. The molecule has 1 amide bonds. The second-order valence-electron chi connectivity index (χ2n) is 7.77. The highest BCUT2D eigenvalue weighted by Gasteiger charge is 2.27. The Bertz CT molecular complexity index is 993. The van der Waals surface area contributed by atoms with E-state index in [-0.39, 0.29) is 11.8 Å². The van der Waals surface area contributed by atoms with E-state index in [9.17, 15) is 4.79 Å². The quantitative estimate of drug-likeness (QED) is 0.620. The lowest BCUT2D eigenvalue weighted by molar-refractivity contribution is -0.125. The van der Waals surface area contributed by atoms with Crippen molar-refractivity contribution in [2.45, 2.75) is 33.1 Å². The summed E-state index contributed by atoms with van der Waals surface area (Å²) in [5, 5.41) is 14.4. The molecule has 1 saturated heterocycles. The average molecular weight is 444 g/mol. The van der Waals surface area contributed by atoms with E-state index in [1.165, 1.54) is 5.56 Å². The van der Waals surface area contributed by atoms with E-state index in [1.807, 2.05) is 24.3 Å². The largest absolute Gasteiger partial charge is 0.355 e. The van der Waals surface area contributed by atoms with Crippen molar-refractivity contribution in [3.05, 3.63) is 58.4 Å². The second kappa shape index (κ2) is 9.18. The van der Waals surface area contributed by atoms with Crippen LogP contribution in [0.1, 0.15) is 29.8 Å². The minimum atomic E-state index is -0.0219. The van der Waals surface area contributed by atoms with Crippen molar-refractivity contribution < 1.29 is 4.79 Å². The molecular formula is C22H26ClN5OS. The van der Waals surface area contributed by atoms with Crippen LogP contribution >= 0.6 is 22.9 Å². The lowest BCUT2D eigenvalue weighted by Crippen LogP contribution is -2.43. The molecule has 1 aromatic carbocycles. The number of halogens is 1. The molecule has 1 aliphatic rings. The lowest BCUT2D eigenvalue weighted by atomic mass is 9.97. The minimum Gasteiger partial charge on any atom is -0.355 e. The molecule has 2 aromatic heterocycles. The molecule has 8 heteroatoms. The number of carbonyl (C=O) groups excluding carboxylic acids is 1. The average Bonchev–Trinajstić information content (AvgIpc) is 3.36. The van der Waals surface area contributed by atoms with Crippen molar-refractivity contribution in [1.82, 2.24) is 20.1 Å². The van der Waals surface area contributed by atoms with E-state index in [0.29, 0.717) is 13.1 Å². The molecule has 0 saturated carbocycles. The number of benzene rings is 1. The van der Waals surface area contributed by atoms with Gasteiger partial charge in [0, 0.05) is 36.0 Å². The Kier molecular flexibility index (Phi) is 6.39. The summed E-state index contributed by atoms with van der Waals surface area (Å²) in [6.07, 6.45) is 2.69. The highest BCUT2D eigenvalue weighted by molar-refractivity contribution is 7.17. The van der Waals surface area contributed by atoms with Crippen LogP contribution in [0.15, 0.2) is 36.4 Å². The molecule has 0 aliphatic carbocycles. The Morgan fingerprint density at radius 2 is 1.83 bits per heavy atom. The number of aryl methyl sites for hydroxylation is 2. The van der Waals surface area contributed by atoms with Gasteiger partial charge in [-0.25, -0.2) is 0 Å². The summed E-state index contributed by atoms with van der Waals surface area (Å²) in [5.41, 5.74) is 3.46. The van der Waals surface area contributed by atoms with Gasteiger partial charge in [-0.2, -0.15) is 0 Å². The van der Waals surface area contributed by atoms with Crippen molar-refractivity contribution in [2.24, 2.45) is 5.92 Å². The van der Waals surface area contributed by atoms with Gasteiger partial charge in [0.2, 0.25) is 16.2 Å². The number of anilines is 1. The number of hydrogen-bond donors (Lipinski definition) is 1. The van der Waals surface area contributed by atoms with Crippen molar-refractivity contribution in [3.8, 4) is 5.13 Å². The maximum Gasteiger partial charge on any atom is 0.224 e. The zero-order valence-corrected chi connectivity index (χ0v) is 18.8. The first-order chi connectivity index (χ1) is 14.5. The maximum atomic E-state index is 12.7. The van der Waals surface area contributed by atoms with Crippen molar-refractivity contribution >= 4 is 34.0 Å². The van der Waals surface area contributed by atoms with E-state index in [0.717, 1.165) is 52.5 Å². The molecule has 1 fully saturated rings. The SMILES string of the molecule is Cc1ccc(C)n1-c1nnc(N2CCC[C@@H](C(=O)NCCc3ccc(Cl)cc3)C2)s1. The Labute approximate surface area is 185 Å². The van der Waals surface area contributed by atoms with Gasteiger partial charge in [-0.1, -0.05) is 35.1 Å². The van der Waals surface area contributed by atoms with Crippen molar-refractivity contribution in [1.29, 1.82) is 0 Å². The summed E-state index contributed by atoms with van der Waals surface area (Å²) in [4.78, 5) is 14.9. The third kappa shape index (κ3) is 4.68. The third-order valence-corrected chi connectivity index (χ3v) is 6.78. The molecule has 0 bridgehead atoms. The number of nitrogens with one attached hydrogen (secondary N) is 1. The minimum absolute atomic E-state index is 0.0219. The van der Waals surface area contributed by atoms with Crippen LogP contribution in [-0.4, -0.2) is 40.3 Å². The van der Waals surface area contributed by atoms with Crippen LogP contribution < -0.4 is 10.2 Å². The molecule has 1 atom stereocenters. The number of nitrogens with zero attached hydrogens (tertiary/aromatic N) is 4. The fourth-order valence-corrected chi connectivity index (χ4v) is 5.01. The number of hydrogen-bond acceptors (Lipinski definition) is 5. The van der Waals surface area contributed by atoms with Gasteiger partial charge in [-0.3, -0.25) is 9.36 Å². The maximum absolute atomic E-state index is 12.7. The monoisotopic (exact) mass is 443 g/mol. The van der Waals surface area contributed by atoms with Crippen molar-refractivity contribution in [3.63, 3.8) is 0 Å². The highest BCUT2D eigenvalue weighted by Crippen LogP contribution is 2.29. The van der Waals surface area contributed by atoms with Crippen LogP contribution in [0.5, 0.6) is 0 Å². The summed E-state index contributed by atoms with van der Waals surface area (Å²) in [5.74, 6) is 0.0990. The van der Waals surface area contributed by atoms with Gasteiger partial charge >= 0.3 is 0 Å². The molecule has 1 aliphatic heterocycles. The predicted molar refractivity (Wildman–Crippen MR) is 122 cm³/mol. The molecule has 3 aromatic rings. The van der Waals surface area contributed by atoms with Crippen LogP contribution in [-0.2, 0) is 11.2 Å². The number of piperidine rings is 1. The summed E-state index contributed by atoms with van der Waals surface area (Å²) in [7, 11) is 0. The molecule has 30 heavy (non-hydrogen) atoms. The van der Waals surface area contributed by atoms with Crippen LogP contribution in [0.3, 0.4) is 0 Å². The lowest BCUT2D eigenvalue weighted by Gasteiger charge is -2.31. The van der Waals surface area contributed by atoms with Crippen LogP contribution in [0, 0.1) is 19.8 Å². The normalized spacial score (nSPS) is 16.6. The zero-order valence-electron chi connectivity index (χ0n) is 17.3. The van der Waals surface area contributed by atoms with Gasteiger partial charge < -0.3 is 10.2 Å². The number of rotatable bonds is 6. The van der Waals surface area contributed by atoms with Gasteiger partial charge in [0.25, 0.3) is 0 Å². The molecule has 158 valence electrons. The van der Waals surface area contributed by atoms with Gasteiger partial charge in [-0.15, -0.1) is 10.2 Å². The fourth-order valence-electron chi connectivity index (χ4n) is 3.89. The number of aromatic nitrogens is 3.